The molecule has 0 fully saturated rings. The number of nitrogens with two attached hydrogens (primary N) is 1. The summed E-state index contributed by atoms with van der Waals surface area (Å²) in [6, 6.07) is 8.99. The molecule has 3 N–H and O–H groups in total. The average Bonchev–Trinajstić information content (AvgIpc) is 2.47. The molecule has 0 radical (unpaired) electrons. The SMILES string of the molecule is COc1ccc(CCCNc2cc(F)ccc2F)cc1N. The zero-order valence-electron chi connectivity index (χ0n) is 11.8. The largest absolute Gasteiger partial charge is 0.495 e. The van der Waals surface area contributed by atoms with Crippen molar-refractivity contribution in [3.63, 3.8) is 0 Å². The summed E-state index contributed by atoms with van der Waals surface area (Å²) >= 11 is 0. The second-order valence-corrected chi connectivity index (χ2v) is 4.73. The minimum absolute atomic E-state index is 0.184. The molecule has 5 heteroatoms. The summed E-state index contributed by atoms with van der Waals surface area (Å²) < 4.78 is 31.5. The quantitative estimate of drug-likeness (QED) is 0.631. The van der Waals surface area contributed by atoms with E-state index in [1.54, 1.807) is 7.11 Å². The van der Waals surface area contributed by atoms with Gasteiger partial charge in [0.25, 0.3) is 0 Å². The van der Waals surface area contributed by atoms with Crippen molar-refractivity contribution in [3.8, 4) is 5.75 Å². The van der Waals surface area contributed by atoms with E-state index in [2.05, 4.69) is 5.32 Å². The Morgan fingerprint density at radius 2 is 1.95 bits per heavy atom. The summed E-state index contributed by atoms with van der Waals surface area (Å²) in [5.74, 6) is -0.259. The zero-order chi connectivity index (χ0) is 15.2. The van der Waals surface area contributed by atoms with Gasteiger partial charge in [-0.1, -0.05) is 6.07 Å². The first-order chi connectivity index (χ1) is 10.1. The van der Waals surface area contributed by atoms with Gasteiger partial charge in [-0.25, -0.2) is 8.78 Å². The number of ether oxygens (including phenoxy) is 1. The van der Waals surface area contributed by atoms with Crippen molar-refractivity contribution in [1.29, 1.82) is 0 Å². The van der Waals surface area contributed by atoms with Gasteiger partial charge in [-0.2, -0.15) is 0 Å². The number of aryl methyl sites for hydroxylation is 1. The van der Waals surface area contributed by atoms with Crippen LogP contribution in [0.5, 0.6) is 5.75 Å². The van der Waals surface area contributed by atoms with Crippen molar-refractivity contribution in [3.05, 3.63) is 53.6 Å². The van der Waals surface area contributed by atoms with Gasteiger partial charge >= 0.3 is 0 Å². The molecule has 2 aromatic carbocycles. The van der Waals surface area contributed by atoms with Crippen LogP contribution in [-0.2, 0) is 6.42 Å². The molecule has 0 aliphatic rings. The summed E-state index contributed by atoms with van der Waals surface area (Å²) in [4.78, 5) is 0. The molecule has 0 heterocycles. The molecule has 2 aromatic rings. The van der Waals surface area contributed by atoms with Crippen LogP contribution in [0.3, 0.4) is 0 Å². The fourth-order valence-corrected chi connectivity index (χ4v) is 2.09. The van der Waals surface area contributed by atoms with E-state index in [-0.39, 0.29) is 5.69 Å². The maximum atomic E-state index is 13.4. The molecule has 0 aliphatic heterocycles. The highest BCUT2D eigenvalue weighted by molar-refractivity contribution is 5.54. The van der Waals surface area contributed by atoms with E-state index >= 15 is 0 Å². The fourth-order valence-electron chi connectivity index (χ4n) is 2.09. The molecule has 0 aliphatic carbocycles. The van der Waals surface area contributed by atoms with Gasteiger partial charge < -0.3 is 15.8 Å². The highest BCUT2D eigenvalue weighted by Crippen LogP contribution is 2.22. The summed E-state index contributed by atoms with van der Waals surface area (Å²) in [6.07, 6.45) is 1.57. The standard InChI is InChI=1S/C16H18F2N2O/c1-21-16-7-4-11(9-14(16)19)3-2-8-20-15-10-12(17)5-6-13(15)18/h4-7,9-10,20H,2-3,8,19H2,1H3. The Morgan fingerprint density at radius 1 is 1.14 bits per heavy atom. The normalized spacial score (nSPS) is 10.4. The Kier molecular flexibility index (Phi) is 4.98. The van der Waals surface area contributed by atoms with Gasteiger partial charge in [-0.15, -0.1) is 0 Å². The number of halogens is 2. The topological polar surface area (TPSA) is 47.3 Å². The van der Waals surface area contributed by atoms with E-state index in [9.17, 15) is 8.78 Å². The van der Waals surface area contributed by atoms with Gasteiger partial charge in [0.1, 0.15) is 17.4 Å². The molecule has 2 rings (SSSR count). The predicted molar refractivity (Wildman–Crippen MR) is 80.6 cm³/mol. The van der Waals surface area contributed by atoms with Gasteiger partial charge in [0, 0.05) is 6.54 Å². The first-order valence-corrected chi connectivity index (χ1v) is 6.71. The van der Waals surface area contributed by atoms with Crippen molar-refractivity contribution < 1.29 is 13.5 Å². The van der Waals surface area contributed by atoms with Gasteiger partial charge in [-0.3, -0.25) is 0 Å². The molecule has 112 valence electrons. The Bertz CT molecular complexity index is 617. The van der Waals surface area contributed by atoms with Crippen LogP contribution in [0.25, 0.3) is 0 Å². The van der Waals surface area contributed by atoms with Crippen molar-refractivity contribution in [2.24, 2.45) is 0 Å². The van der Waals surface area contributed by atoms with E-state index in [0.29, 0.717) is 18.0 Å². The maximum Gasteiger partial charge on any atom is 0.146 e. The molecule has 0 saturated heterocycles. The summed E-state index contributed by atoms with van der Waals surface area (Å²) in [5.41, 5.74) is 7.69. The van der Waals surface area contributed by atoms with E-state index in [0.717, 1.165) is 36.6 Å². The van der Waals surface area contributed by atoms with Crippen molar-refractivity contribution >= 4 is 11.4 Å². The summed E-state index contributed by atoms with van der Waals surface area (Å²) in [7, 11) is 1.57. The van der Waals surface area contributed by atoms with E-state index in [1.807, 2.05) is 18.2 Å². The molecule has 3 nitrogen and oxygen atoms in total. The minimum atomic E-state index is -0.457. The molecular formula is C16H18F2N2O. The van der Waals surface area contributed by atoms with Gasteiger partial charge in [0.15, 0.2) is 0 Å². The second-order valence-electron chi connectivity index (χ2n) is 4.73. The molecule has 0 amide bonds. The number of nitrogens with one attached hydrogen (secondary N) is 1. The molecule has 21 heavy (non-hydrogen) atoms. The van der Waals surface area contributed by atoms with Crippen LogP contribution in [-0.4, -0.2) is 13.7 Å². The lowest BCUT2D eigenvalue weighted by molar-refractivity contribution is 0.417. The monoisotopic (exact) mass is 292 g/mol. The summed E-state index contributed by atoms with van der Waals surface area (Å²) in [5, 5.41) is 2.89. The van der Waals surface area contributed by atoms with Gasteiger partial charge in [0.05, 0.1) is 18.5 Å². The molecule has 0 aromatic heterocycles. The first kappa shape index (κ1) is 15.1. The third-order valence-corrected chi connectivity index (χ3v) is 3.18. The zero-order valence-corrected chi connectivity index (χ0v) is 11.8. The molecular weight excluding hydrogens is 274 g/mol. The van der Waals surface area contributed by atoms with Crippen LogP contribution < -0.4 is 15.8 Å². The predicted octanol–water partition coefficient (Wildman–Crippen LogP) is 3.60. The lowest BCUT2D eigenvalue weighted by Crippen LogP contribution is -2.05. The third-order valence-electron chi connectivity index (χ3n) is 3.18. The summed E-state index contributed by atoms with van der Waals surface area (Å²) in [6.45, 7) is 0.548. The van der Waals surface area contributed by atoms with Gasteiger partial charge in [-0.05, 0) is 48.7 Å². The van der Waals surface area contributed by atoms with Crippen LogP contribution in [0, 0.1) is 11.6 Å². The van der Waals surface area contributed by atoms with E-state index < -0.39 is 11.6 Å². The maximum absolute atomic E-state index is 13.4. The number of methoxy groups -OCH3 is 1. The smallest absolute Gasteiger partial charge is 0.146 e. The molecule has 0 spiro atoms. The minimum Gasteiger partial charge on any atom is -0.495 e. The Hall–Kier alpha value is -2.30. The van der Waals surface area contributed by atoms with Crippen LogP contribution in [0.1, 0.15) is 12.0 Å². The van der Waals surface area contributed by atoms with E-state index in [4.69, 9.17) is 10.5 Å². The van der Waals surface area contributed by atoms with Crippen molar-refractivity contribution in [2.45, 2.75) is 12.8 Å². The molecule has 0 unspecified atom stereocenters. The average molecular weight is 292 g/mol. The number of anilines is 2. The van der Waals surface area contributed by atoms with E-state index in [1.165, 1.54) is 0 Å². The highest BCUT2D eigenvalue weighted by atomic mass is 19.1. The number of hydrogen-bond donors (Lipinski definition) is 2. The van der Waals surface area contributed by atoms with Crippen molar-refractivity contribution in [1.82, 2.24) is 0 Å². The number of rotatable bonds is 6. The Morgan fingerprint density at radius 3 is 2.67 bits per heavy atom. The lowest BCUT2D eigenvalue weighted by atomic mass is 10.1. The molecule has 0 bridgehead atoms. The van der Waals surface area contributed by atoms with Crippen molar-refractivity contribution in [2.75, 3.05) is 24.7 Å². The Labute approximate surface area is 122 Å². The Balaban J connectivity index is 1.84. The first-order valence-electron chi connectivity index (χ1n) is 6.71. The van der Waals surface area contributed by atoms with Crippen LogP contribution in [0.15, 0.2) is 36.4 Å². The molecule has 0 atom stereocenters. The highest BCUT2D eigenvalue weighted by Gasteiger charge is 2.04. The number of benzene rings is 2. The molecule has 0 saturated carbocycles. The van der Waals surface area contributed by atoms with Crippen LogP contribution in [0.2, 0.25) is 0 Å². The third kappa shape index (κ3) is 4.08. The van der Waals surface area contributed by atoms with Crippen LogP contribution >= 0.6 is 0 Å². The number of hydrogen-bond acceptors (Lipinski definition) is 3. The lowest BCUT2D eigenvalue weighted by Gasteiger charge is -2.09. The van der Waals surface area contributed by atoms with Gasteiger partial charge in [0.2, 0.25) is 0 Å². The second kappa shape index (κ2) is 6.92. The number of nitrogen functional groups attached to an aromatic ring is 1. The fraction of sp³-hybridized carbons (Fsp3) is 0.250. The van der Waals surface area contributed by atoms with Crippen LogP contribution in [0.4, 0.5) is 20.2 Å².